The third kappa shape index (κ3) is 2.03. The van der Waals surface area contributed by atoms with E-state index in [0.29, 0.717) is 6.10 Å². The number of hydrogen-bond donors (Lipinski definition) is 0. The van der Waals surface area contributed by atoms with Gasteiger partial charge < -0.3 is 4.74 Å². The van der Waals surface area contributed by atoms with Gasteiger partial charge in [-0.3, -0.25) is 10.1 Å². The standard InChI is InChI=1S/C9H9NO3/c11-10(12)8-3-1-7(2-4-8)5-9-6-13-9/h1-4,9H,5-6H2/t9-/m1/s1. The van der Waals surface area contributed by atoms with Crippen molar-refractivity contribution in [1.29, 1.82) is 0 Å². The van der Waals surface area contributed by atoms with E-state index in [9.17, 15) is 10.1 Å². The summed E-state index contributed by atoms with van der Waals surface area (Å²) < 4.78 is 5.06. The molecule has 2 rings (SSSR count). The summed E-state index contributed by atoms with van der Waals surface area (Å²) in [5, 5.41) is 10.3. The number of nitrogens with zero attached hydrogens (tertiary/aromatic N) is 1. The van der Waals surface area contributed by atoms with Crippen LogP contribution in [0.5, 0.6) is 0 Å². The summed E-state index contributed by atoms with van der Waals surface area (Å²) in [6, 6.07) is 6.61. The zero-order valence-electron chi connectivity index (χ0n) is 6.97. The lowest BCUT2D eigenvalue weighted by atomic mass is 10.1. The molecule has 4 heteroatoms. The van der Waals surface area contributed by atoms with Gasteiger partial charge in [0.1, 0.15) is 0 Å². The summed E-state index contributed by atoms with van der Waals surface area (Å²) in [6.45, 7) is 0.816. The van der Waals surface area contributed by atoms with E-state index in [-0.39, 0.29) is 5.69 Å². The number of nitro benzene ring substituents is 1. The van der Waals surface area contributed by atoms with Crippen LogP contribution < -0.4 is 0 Å². The summed E-state index contributed by atoms with van der Waals surface area (Å²) in [6.07, 6.45) is 1.19. The van der Waals surface area contributed by atoms with Crippen LogP contribution in [0.15, 0.2) is 24.3 Å². The van der Waals surface area contributed by atoms with Crippen molar-refractivity contribution >= 4 is 5.69 Å². The Morgan fingerprint density at radius 1 is 1.46 bits per heavy atom. The highest BCUT2D eigenvalue weighted by Crippen LogP contribution is 2.18. The number of hydrogen-bond acceptors (Lipinski definition) is 3. The molecule has 0 saturated carbocycles. The van der Waals surface area contributed by atoms with Gasteiger partial charge in [0.05, 0.1) is 17.6 Å². The second-order valence-electron chi connectivity index (χ2n) is 3.08. The topological polar surface area (TPSA) is 55.7 Å². The van der Waals surface area contributed by atoms with E-state index in [4.69, 9.17) is 4.74 Å². The quantitative estimate of drug-likeness (QED) is 0.401. The highest BCUT2D eigenvalue weighted by Gasteiger charge is 2.22. The molecular formula is C9H9NO3. The van der Waals surface area contributed by atoms with Crippen molar-refractivity contribution in [2.24, 2.45) is 0 Å². The van der Waals surface area contributed by atoms with Crippen LogP contribution in [0.1, 0.15) is 5.56 Å². The molecule has 0 unspecified atom stereocenters. The lowest BCUT2D eigenvalue weighted by Crippen LogP contribution is -1.93. The number of epoxide rings is 1. The Balaban J connectivity index is 2.08. The molecule has 0 amide bonds. The van der Waals surface area contributed by atoms with Crippen LogP contribution >= 0.6 is 0 Å². The highest BCUT2D eigenvalue weighted by molar-refractivity contribution is 5.33. The van der Waals surface area contributed by atoms with Crippen LogP contribution in [0.25, 0.3) is 0 Å². The van der Waals surface area contributed by atoms with Gasteiger partial charge in [-0.05, 0) is 5.56 Å². The van der Waals surface area contributed by atoms with Gasteiger partial charge in [-0.2, -0.15) is 0 Å². The predicted octanol–water partition coefficient (Wildman–Crippen LogP) is 1.54. The van der Waals surface area contributed by atoms with Crippen molar-refractivity contribution in [3.63, 3.8) is 0 Å². The van der Waals surface area contributed by atoms with Crippen LogP contribution in [-0.2, 0) is 11.2 Å². The largest absolute Gasteiger partial charge is 0.373 e. The lowest BCUT2D eigenvalue weighted by Gasteiger charge is -1.96. The number of nitro groups is 1. The van der Waals surface area contributed by atoms with Gasteiger partial charge in [-0.1, -0.05) is 12.1 Å². The van der Waals surface area contributed by atoms with E-state index < -0.39 is 4.92 Å². The first kappa shape index (κ1) is 8.19. The summed E-state index contributed by atoms with van der Waals surface area (Å²) in [4.78, 5) is 9.94. The van der Waals surface area contributed by atoms with Crippen LogP contribution in [0.4, 0.5) is 5.69 Å². The Labute approximate surface area is 75.3 Å². The number of benzene rings is 1. The molecule has 1 heterocycles. The maximum atomic E-state index is 10.3. The molecule has 0 radical (unpaired) electrons. The molecule has 1 aliphatic heterocycles. The van der Waals surface area contributed by atoms with Crippen LogP contribution in [0.2, 0.25) is 0 Å². The summed E-state index contributed by atoms with van der Waals surface area (Å²) >= 11 is 0. The van der Waals surface area contributed by atoms with Gasteiger partial charge in [0.25, 0.3) is 5.69 Å². The van der Waals surface area contributed by atoms with E-state index >= 15 is 0 Å². The van der Waals surface area contributed by atoms with Crippen LogP contribution in [0, 0.1) is 10.1 Å². The molecule has 1 atom stereocenters. The average molecular weight is 179 g/mol. The Morgan fingerprint density at radius 2 is 2.08 bits per heavy atom. The zero-order chi connectivity index (χ0) is 9.26. The van der Waals surface area contributed by atoms with E-state index in [2.05, 4.69) is 0 Å². The first-order chi connectivity index (χ1) is 6.25. The van der Waals surface area contributed by atoms with Gasteiger partial charge in [0.15, 0.2) is 0 Å². The Bertz CT molecular complexity index is 316. The minimum absolute atomic E-state index is 0.139. The second-order valence-corrected chi connectivity index (χ2v) is 3.08. The number of ether oxygens (including phenoxy) is 1. The zero-order valence-corrected chi connectivity index (χ0v) is 6.97. The Morgan fingerprint density at radius 3 is 2.54 bits per heavy atom. The van der Waals surface area contributed by atoms with Crippen LogP contribution in [-0.4, -0.2) is 17.6 Å². The molecule has 1 fully saturated rings. The van der Waals surface area contributed by atoms with Crippen molar-refractivity contribution in [2.75, 3.05) is 6.61 Å². The number of non-ortho nitro benzene ring substituents is 1. The molecule has 13 heavy (non-hydrogen) atoms. The smallest absolute Gasteiger partial charge is 0.269 e. The molecular weight excluding hydrogens is 170 g/mol. The van der Waals surface area contributed by atoms with Crippen molar-refractivity contribution < 1.29 is 9.66 Å². The second kappa shape index (κ2) is 3.14. The summed E-state index contributed by atoms with van der Waals surface area (Å²) in [5.74, 6) is 0. The number of rotatable bonds is 3. The van der Waals surface area contributed by atoms with Gasteiger partial charge >= 0.3 is 0 Å². The maximum Gasteiger partial charge on any atom is 0.269 e. The minimum atomic E-state index is -0.391. The van der Waals surface area contributed by atoms with Crippen molar-refractivity contribution in [1.82, 2.24) is 0 Å². The fraction of sp³-hybridized carbons (Fsp3) is 0.333. The summed E-state index contributed by atoms with van der Waals surface area (Å²) in [7, 11) is 0. The van der Waals surface area contributed by atoms with Crippen molar-refractivity contribution in [3.05, 3.63) is 39.9 Å². The molecule has 0 bridgehead atoms. The van der Waals surface area contributed by atoms with Gasteiger partial charge in [0, 0.05) is 18.6 Å². The van der Waals surface area contributed by atoms with Gasteiger partial charge in [-0.15, -0.1) is 0 Å². The lowest BCUT2D eigenvalue weighted by molar-refractivity contribution is -0.384. The van der Waals surface area contributed by atoms with E-state index in [1.54, 1.807) is 12.1 Å². The molecule has 68 valence electrons. The fourth-order valence-electron chi connectivity index (χ4n) is 1.20. The SMILES string of the molecule is O=[N+]([O-])c1ccc(C[C@@H]2CO2)cc1. The first-order valence-electron chi connectivity index (χ1n) is 4.10. The first-order valence-corrected chi connectivity index (χ1v) is 4.10. The third-order valence-electron chi connectivity index (χ3n) is 2.01. The third-order valence-corrected chi connectivity index (χ3v) is 2.01. The van der Waals surface area contributed by atoms with E-state index in [1.165, 1.54) is 12.1 Å². The van der Waals surface area contributed by atoms with Crippen molar-refractivity contribution in [3.8, 4) is 0 Å². The predicted molar refractivity (Wildman–Crippen MR) is 46.5 cm³/mol. The van der Waals surface area contributed by atoms with E-state index in [1.807, 2.05) is 0 Å². The molecule has 4 nitrogen and oxygen atoms in total. The Kier molecular flexibility index (Phi) is 1.98. The maximum absolute atomic E-state index is 10.3. The molecule has 0 spiro atoms. The fourth-order valence-corrected chi connectivity index (χ4v) is 1.20. The molecule has 1 aromatic rings. The highest BCUT2D eigenvalue weighted by atomic mass is 16.6. The normalized spacial score (nSPS) is 19.8. The van der Waals surface area contributed by atoms with Crippen molar-refractivity contribution in [2.45, 2.75) is 12.5 Å². The van der Waals surface area contributed by atoms with E-state index in [0.717, 1.165) is 18.6 Å². The molecule has 1 aromatic carbocycles. The summed E-state index contributed by atoms with van der Waals surface area (Å²) in [5.41, 5.74) is 1.23. The minimum Gasteiger partial charge on any atom is -0.373 e. The van der Waals surface area contributed by atoms with Gasteiger partial charge in [-0.25, -0.2) is 0 Å². The molecule has 0 aromatic heterocycles. The molecule has 1 saturated heterocycles. The monoisotopic (exact) mass is 179 g/mol. The van der Waals surface area contributed by atoms with Crippen LogP contribution in [0.3, 0.4) is 0 Å². The van der Waals surface area contributed by atoms with Gasteiger partial charge in [0.2, 0.25) is 0 Å². The Hall–Kier alpha value is -1.42. The molecule has 0 aliphatic carbocycles. The molecule has 0 N–H and O–H groups in total. The molecule has 1 aliphatic rings. The average Bonchev–Trinajstić information content (AvgIpc) is 2.89.